The Hall–Kier alpha value is -1.53. The second-order valence-electron chi connectivity index (χ2n) is 3.99. The topological polar surface area (TPSA) is 63.8 Å². The molecule has 1 unspecified atom stereocenters. The molecule has 0 aliphatic heterocycles. The number of thiocarbonyl (C=S) groups is 1. The first-order valence-electron chi connectivity index (χ1n) is 5.50. The first-order valence-corrected chi connectivity index (χ1v) is 6.79. The van der Waals surface area contributed by atoms with Gasteiger partial charge in [-0.1, -0.05) is 12.2 Å². The highest BCUT2D eigenvalue weighted by molar-refractivity contribution is 7.80. The van der Waals surface area contributed by atoms with Gasteiger partial charge in [-0.3, -0.25) is 4.98 Å². The van der Waals surface area contributed by atoms with Crippen molar-refractivity contribution < 1.29 is 0 Å². The van der Waals surface area contributed by atoms with Gasteiger partial charge in [0.15, 0.2) is 0 Å². The third-order valence-corrected chi connectivity index (χ3v) is 3.76. The van der Waals surface area contributed by atoms with Gasteiger partial charge in [0, 0.05) is 23.0 Å². The normalized spacial score (nSPS) is 12.1. The van der Waals surface area contributed by atoms with Crippen LogP contribution in [0.25, 0.3) is 0 Å². The number of nitrogens with one attached hydrogen (secondary N) is 1. The number of pyridine rings is 1. The molecule has 2 aromatic heterocycles. The Labute approximate surface area is 115 Å². The molecule has 4 nitrogen and oxygen atoms in total. The third kappa shape index (κ3) is 3.02. The molecule has 2 heterocycles. The quantitative estimate of drug-likeness (QED) is 0.842. The summed E-state index contributed by atoms with van der Waals surface area (Å²) in [5.41, 5.74) is 8.16. The predicted molar refractivity (Wildman–Crippen MR) is 79.0 cm³/mol. The predicted octanol–water partition coefficient (Wildman–Crippen LogP) is 2.65. The Morgan fingerprint density at radius 3 is 2.94 bits per heavy atom. The Morgan fingerprint density at radius 1 is 1.56 bits per heavy atom. The fraction of sp³-hybridized carbons (Fsp3) is 0.250. The van der Waals surface area contributed by atoms with Gasteiger partial charge in [0.1, 0.15) is 10.00 Å². The van der Waals surface area contributed by atoms with Crippen LogP contribution < -0.4 is 11.1 Å². The van der Waals surface area contributed by atoms with E-state index in [2.05, 4.69) is 22.2 Å². The van der Waals surface area contributed by atoms with Crippen molar-refractivity contribution in [2.45, 2.75) is 19.9 Å². The van der Waals surface area contributed by atoms with Crippen LogP contribution in [0.5, 0.6) is 0 Å². The maximum atomic E-state index is 5.56. The van der Waals surface area contributed by atoms with Crippen LogP contribution in [0.1, 0.15) is 29.4 Å². The molecule has 94 valence electrons. The van der Waals surface area contributed by atoms with E-state index in [1.807, 2.05) is 24.4 Å². The van der Waals surface area contributed by atoms with Crippen molar-refractivity contribution in [3.8, 4) is 0 Å². The van der Waals surface area contributed by atoms with E-state index in [0.717, 1.165) is 16.4 Å². The lowest BCUT2D eigenvalue weighted by atomic mass is 10.2. The second kappa shape index (κ2) is 5.41. The summed E-state index contributed by atoms with van der Waals surface area (Å²) in [6.07, 6.45) is 1.69. The summed E-state index contributed by atoms with van der Waals surface area (Å²) in [5, 5.41) is 6.46. The number of hydrogen-bond acceptors (Lipinski definition) is 5. The zero-order valence-electron chi connectivity index (χ0n) is 10.2. The number of nitrogens with two attached hydrogens (primary N) is 1. The average Bonchev–Trinajstić information content (AvgIpc) is 2.76. The first kappa shape index (κ1) is 12.9. The Balaban J connectivity index is 2.14. The zero-order chi connectivity index (χ0) is 13.1. The monoisotopic (exact) mass is 278 g/mol. The van der Waals surface area contributed by atoms with Gasteiger partial charge in [-0.15, -0.1) is 11.3 Å². The molecule has 0 radical (unpaired) electrons. The standard InChI is InChI=1S/C12H14N4S2/c1-7-6-18-12(15-7)8(2)16-9-3-4-14-10(5-9)11(13)17/h3-6,8H,1-2H3,(H2,13,17)(H,14,16). The van der Waals surface area contributed by atoms with Gasteiger partial charge >= 0.3 is 0 Å². The summed E-state index contributed by atoms with van der Waals surface area (Å²) >= 11 is 6.56. The Kier molecular flexibility index (Phi) is 3.88. The molecule has 6 heteroatoms. The summed E-state index contributed by atoms with van der Waals surface area (Å²) in [6, 6.07) is 3.88. The van der Waals surface area contributed by atoms with E-state index in [1.54, 1.807) is 17.5 Å². The van der Waals surface area contributed by atoms with Crippen LogP contribution in [-0.2, 0) is 0 Å². The van der Waals surface area contributed by atoms with Crippen LogP contribution in [0.3, 0.4) is 0 Å². The highest BCUT2D eigenvalue weighted by Gasteiger charge is 2.09. The van der Waals surface area contributed by atoms with Crippen molar-refractivity contribution >= 4 is 34.2 Å². The molecule has 1 atom stereocenters. The van der Waals surface area contributed by atoms with Crippen molar-refractivity contribution in [2.75, 3.05) is 5.32 Å². The molecule has 0 aromatic carbocycles. The van der Waals surface area contributed by atoms with Crippen LogP contribution in [0, 0.1) is 6.92 Å². The number of aromatic nitrogens is 2. The molecule has 0 spiro atoms. The lowest BCUT2D eigenvalue weighted by Gasteiger charge is -2.13. The molecule has 0 aliphatic carbocycles. The zero-order valence-corrected chi connectivity index (χ0v) is 11.8. The third-order valence-electron chi connectivity index (χ3n) is 2.40. The van der Waals surface area contributed by atoms with E-state index >= 15 is 0 Å². The van der Waals surface area contributed by atoms with Crippen LogP contribution in [0.2, 0.25) is 0 Å². The Bertz CT molecular complexity index is 565. The fourth-order valence-electron chi connectivity index (χ4n) is 1.54. The molecule has 2 rings (SSSR count). The molecule has 0 saturated carbocycles. The van der Waals surface area contributed by atoms with E-state index in [0.29, 0.717) is 10.7 Å². The maximum Gasteiger partial charge on any atom is 0.122 e. The van der Waals surface area contributed by atoms with Gasteiger partial charge < -0.3 is 11.1 Å². The molecule has 0 amide bonds. The first-order chi connectivity index (χ1) is 8.56. The van der Waals surface area contributed by atoms with E-state index in [1.165, 1.54) is 0 Å². The summed E-state index contributed by atoms with van der Waals surface area (Å²) in [6.45, 7) is 4.06. The number of thiazole rings is 1. The molecule has 0 aliphatic rings. The maximum absolute atomic E-state index is 5.56. The average molecular weight is 278 g/mol. The van der Waals surface area contributed by atoms with Crippen LogP contribution in [0.4, 0.5) is 5.69 Å². The molecule has 3 N–H and O–H groups in total. The Morgan fingerprint density at radius 2 is 2.33 bits per heavy atom. The minimum Gasteiger partial charge on any atom is -0.388 e. The fourth-order valence-corrected chi connectivity index (χ4v) is 2.45. The number of hydrogen-bond donors (Lipinski definition) is 2. The van der Waals surface area contributed by atoms with Crippen molar-refractivity contribution in [2.24, 2.45) is 5.73 Å². The van der Waals surface area contributed by atoms with E-state index in [4.69, 9.17) is 18.0 Å². The minimum atomic E-state index is 0.144. The highest BCUT2D eigenvalue weighted by Crippen LogP contribution is 2.22. The van der Waals surface area contributed by atoms with Crippen molar-refractivity contribution in [3.63, 3.8) is 0 Å². The molecular formula is C12H14N4S2. The van der Waals surface area contributed by atoms with Gasteiger partial charge in [-0.2, -0.15) is 0 Å². The molecule has 0 saturated heterocycles. The number of aryl methyl sites for hydroxylation is 1. The number of nitrogens with zero attached hydrogens (tertiary/aromatic N) is 2. The highest BCUT2D eigenvalue weighted by atomic mass is 32.1. The summed E-state index contributed by atoms with van der Waals surface area (Å²) in [5.74, 6) is 0. The van der Waals surface area contributed by atoms with Crippen LogP contribution in [0.15, 0.2) is 23.7 Å². The molecule has 2 aromatic rings. The SMILES string of the molecule is Cc1csc(C(C)Nc2ccnc(C(N)=S)c2)n1. The van der Waals surface area contributed by atoms with Crippen molar-refractivity contribution in [1.29, 1.82) is 0 Å². The van der Waals surface area contributed by atoms with Crippen molar-refractivity contribution in [3.05, 3.63) is 40.1 Å². The summed E-state index contributed by atoms with van der Waals surface area (Å²) < 4.78 is 0. The van der Waals surface area contributed by atoms with Gasteiger partial charge in [-0.05, 0) is 26.0 Å². The van der Waals surface area contributed by atoms with Crippen LogP contribution >= 0.6 is 23.6 Å². The molecule has 0 bridgehead atoms. The molecule has 18 heavy (non-hydrogen) atoms. The lowest BCUT2D eigenvalue weighted by molar-refractivity contribution is 0.863. The van der Waals surface area contributed by atoms with Crippen LogP contribution in [-0.4, -0.2) is 15.0 Å². The van der Waals surface area contributed by atoms with E-state index < -0.39 is 0 Å². The smallest absolute Gasteiger partial charge is 0.122 e. The number of anilines is 1. The largest absolute Gasteiger partial charge is 0.388 e. The van der Waals surface area contributed by atoms with Gasteiger partial charge in [0.2, 0.25) is 0 Å². The minimum absolute atomic E-state index is 0.144. The van der Waals surface area contributed by atoms with E-state index in [-0.39, 0.29) is 6.04 Å². The van der Waals surface area contributed by atoms with E-state index in [9.17, 15) is 0 Å². The molecule has 0 fully saturated rings. The van der Waals surface area contributed by atoms with Gasteiger partial charge in [-0.25, -0.2) is 4.98 Å². The lowest BCUT2D eigenvalue weighted by Crippen LogP contribution is -2.13. The summed E-state index contributed by atoms with van der Waals surface area (Å²) in [4.78, 5) is 8.86. The van der Waals surface area contributed by atoms with Crippen molar-refractivity contribution in [1.82, 2.24) is 9.97 Å². The second-order valence-corrected chi connectivity index (χ2v) is 5.32. The summed E-state index contributed by atoms with van der Waals surface area (Å²) in [7, 11) is 0. The molecular weight excluding hydrogens is 264 g/mol. The van der Waals surface area contributed by atoms with Gasteiger partial charge in [0.05, 0.1) is 11.7 Å². The number of rotatable bonds is 4. The van der Waals surface area contributed by atoms with Gasteiger partial charge in [0.25, 0.3) is 0 Å².